The smallest absolute Gasteiger partial charge is 0.263 e. The molecular formula is C17H17N5OS. The van der Waals surface area contributed by atoms with Gasteiger partial charge in [-0.15, -0.1) is 11.3 Å². The topological polar surface area (TPSA) is 80.7 Å². The lowest BCUT2D eigenvalue weighted by Gasteiger charge is -2.09. The number of aromatic nitrogens is 4. The monoisotopic (exact) mass is 339 g/mol. The van der Waals surface area contributed by atoms with Crippen molar-refractivity contribution in [3.8, 4) is 11.3 Å². The fourth-order valence-electron chi connectivity index (χ4n) is 2.34. The molecule has 6 nitrogen and oxygen atoms in total. The molecule has 0 aromatic carbocycles. The zero-order valence-corrected chi connectivity index (χ0v) is 14.3. The Balaban J connectivity index is 1.72. The Morgan fingerprint density at radius 1 is 1.21 bits per heavy atom. The van der Waals surface area contributed by atoms with Gasteiger partial charge in [-0.1, -0.05) is 6.07 Å². The predicted octanol–water partition coefficient (Wildman–Crippen LogP) is 2.58. The van der Waals surface area contributed by atoms with Gasteiger partial charge in [0.2, 0.25) is 0 Å². The van der Waals surface area contributed by atoms with Crippen molar-refractivity contribution in [2.45, 2.75) is 20.3 Å². The van der Waals surface area contributed by atoms with Gasteiger partial charge in [0, 0.05) is 30.9 Å². The zero-order valence-electron chi connectivity index (χ0n) is 13.5. The van der Waals surface area contributed by atoms with Gasteiger partial charge in [0.05, 0.1) is 22.6 Å². The lowest BCUT2D eigenvalue weighted by atomic mass is 10.1. The Morgan fingerprint density at radius 2 is 2.08 bits per heavy atom. The Bertz CT molecular complexity index is 847. The molecule has 122 valence electrons. The van der Waals surface area contributed by atoms with Crippen molar-refractivity contribution in [1.29, 1.82) is 0 Å². The van der Waals surface area contributed by atoms with Crippen molar-refractivity contribution in [3.63, 3.8) is 0 Å². The van der Waals surface area contributed by atoms with E-state index >= 15 is 0 Å². The van der Waals surface area contributed by atoms with Crippen molar-refractivity contribution in [3.05, 3.63) is 58.2 Å². The summed E-state index contributed by atoms with van der Waals surface area (Å²) in [5.74, 6) is 0.606. The third kappa shape index (κ3) is 3.62. The van der Waals surface area contributed by atoms with Gasteiger partial charge in [-0.25, -0.2) is 15.0 Å². The second kappa shape index (κ2) is 7.27. The summed E-state index contributed by atoms with van der Waals surface area (Å²) in [6.07, 6.45) is 4.14. The fraction of sp³-hybridized carbons (Fsp3) is 0.235. The molecule has 0 atom stereocenters. The molecule has 0 aliphatic heterocycles. The Morgan fingerprint density at radius 3 is 2.79 bits per heavy atom. The minimum absolute atomic E-state index is 0.0971. The van der Waals surface area contributed by atoms with Crippen molar-refractivity contribution in [1.82, 2.24) is 25.3 Å². The van der Waals surface area contributed by atoms with E-state index in [1.807, 2.05) is 32.0 Å². The van der Waals surface area contributed by atoms with Gasteiger partial charge in [0.25, 0.3) is 5.91 Å². The maximum atomic E-state index is 12.2. The summed E-state index contributed by atoms with van der Waals surface area (Å²) in [4.78, 5) is 30.0. The minimum Gasteiger partial charge on any atom is -0.351 e. The summed E-state index contributed by atoms with van der Waals surface area (Å²) in [5, 5.41) is 2.92. The Hall–Kier alpha value is -2.67. The predicted molar refractivity (Wildman–Crippen MR) is 92.9 cm³/mol. The van der Waals surface area contributed by atoms with E-state index in [9.17, 15) is 4.79 Å². The van der Waals surface area contributed by atoms with Crippen LogP contribution in [0.5, 0.6) is 0 Å². The molecule has 3 rings (SSSR count). The number of hydrogen-bond donors (Lipinski definition) is 1. The molecule has 7 heteroatoms. The normalized spacial score (nSPS) is 10.6. The molecule has 3 heterocycles. The first-order valence-electron chi connectivity index (χ1n) is 7.57. The van der Waals surface area contributed by atoms with Crippen LogP contribution in [-0.4, -0.2) is 32.4 Å². The molecule has 0 unspecified atom stereocenters. The standard InChI is InChI=1S/C17H17N5OS/c1-11-16(24-10-21-11)17(23)19-8-6-15-13(9-20-12(2)22-15)14-5-3-4-7-18-14/h3-5,7,9-10H,6,8H2,1-2H3,(H,19,23). The molecule has 3 aromatic heterocycles. The van der Waals surface area contributed by atoms with E-state index in [0.717, 1.165) is 22.6 Å². The maximum Gasteiger partial charge on any atom is 0.263 e. The molecule has 0 aliphatic carbocycles. The number of amides is 1. The number of carbonyl (C=O) groups is 1. The number of carbonyl (C=O) groups excluding carboxylic acids is 1. The largest absolute Gasteiger partial charge is 0.351 e. The first-order chi connectivity index (χ1) is 11.6. The van der Waals surface area contributed by atoms with Crippen molar-refractivity contribution in [2.24, 2.45) is 0 Å². The van der Waals surface area contributed by atoms with E-state index in [2.05, 4.69) is 25.3 Å². The summed E-state index contributed by atoms with van der Waals surface area (Å²) in [5.41, 5.74) is 5.03. The van der Waals surface area contributed by atoms with Gasteiger partial charge in [0.15, 0.2) is 0 Å². The molecule has 0 spiro atoms. The lowest BCUT2D eigenvalue weighted by Crippen LogP contribution is -2.26. The van der Waals surface area contributed by atoms with Crippen LogP contribution in [0.25, 0.3) is 11.3 Å². The first-order valence-corrected chi connectivity index (χ1v) is 8.45. The van der Waals surface area contributed by atoms with Crippen LogP contribution < -0.4 is 5.32 Å². The molecule has 0 saturated heterocycles. The van der Waals surface area contributed by atoms with E-state index in [1.165, 1.54) is 11.3 Å². The molecule has 3 aromatic rings. The van der Waals surface area contributed by atoms with E-state index in [4.69, 9.17) is 0 Å². The van der Waals surface area contributed by atoms with Crippen LogP contribution in [0.4, 0.5) is 0 Å². The maximum absolute atomic E-state index is 12.2. The van der Waals surface area contributed by atoms with Crippen LogP contribution in [0, 0.1) is 13.8 Å². The zero-order chi connectivity index (χ0) is 16.9. The average Bonchev–Trinajstić information content (AvgIpc) is 3.02. The van der Waals surface area contributed by atoms with Gasteiger partial charge < -0.3 is 5.32 Å². The number of pyridine rings is 1. The Labute approximate surface area is 144 Å². The van der Waals surface area contributed by atoms with E-state index in [1.54, 1.807) is 17.9 Å². The molecule has 24 heavy (non-hydrogen) atoms. The molecule has 1 amide bonds. The van der Waals surface area contributed by atoms with Gasteiger partial charge in [0.1, 0.15) is 10.7 Å². The summed E-state index contributed by atoms with van der Waals surface area (Å²) in [6.45, 7) is 4.18. The van der Waals surface area contributed by atoms with E-state index < -0.39 is 0 Å². The van der Waals surface area contributed by atoms with Crippen LogP contribution in [0.3, 0.4) is 0 Å². The summed E-state index contributed by atoms with van der Waals surface area (Å²) in [7, 11) is 0. The van der Waals surface area contributed by atoms with Crippen molar-refractivity contribution in [2.75, 3.05) is 6.54 Å². The molecule has 0 bridgehead atoms. The lowest BCUT2D eigenvalue weighted by molar-refractivity contribution is 0.0957. The molecular weight excluding hydrogens is 322 g/mol. The van der Waals surface area contributed by atoms with Gasteiger partial charge in [-0.2, -0.15) is 0 Å². The first kappa shape index (κ1) is 16.2. The van der Waals surface area contributed by atoms with Gasteiger partial charge in [-0.3, -0.25) is 9.78 Å². The highest BCUT2D eigenvalue weighted by Crippen LogP contribution is 2.19. The van der Waals surface area contributed by atoms with Crippen molar-refractivity contribution >= 4 is 17.2 Å². The second-order valence-corrected chi connectivity index (χ2v) is 6.12. The highest BCUT2D eigenvalue weighted by molar-refractivity contribution is 7.11. The number of nitrogens with one attached hydrogen (secondary N) is 1. The summed E-state index contributed by atoms with van der Waals surface area (Å²) in [6, 6.07) is 5.73. The number of rotatable bonds is 5. The SMILES string of the molecule is Cc1ncc(-c2ccccn2)c(CCNC(=O)c2scnc2C)n1. The third-order valence-electron chi connectivity index (χ3n) is 3.53. The molecule has 0 aliphatic rings. The average molecular weight is 339 g/mol. The molecule has 1 N–H and O–H groups in total. The minimum atomic E-state index is -0.0971. The quantitative estimate of drug-likeness (QED) is 0.773. The van der Waals surface area contributed by atoms with Crippen LogP contribution in [0.2, 0.25) is 0 Å². The Kier molecular flexibility index (Phi) is 4.90. The number of aryl methyl sites for hydroxylation is 2. The highest BCUT2D eigenvalue weighted by Gasteiger charge is 2.13. The summed E-state index contributed by atoms with van der Waals surface area (Å²) >= 11 is 1.35. The highest BCUT2D eigenvalue weighted by atomic mass is 32.1. The summed E-state index contributed by atoms with van der Waals surface area (Å²) < 4.78 is 0. The fourth-order valence-corrected chi connectivity index (χ4v) is 3.06. The number of nitrogens with zero attached hydrogens (tertiary/aromatic N) is 4. The van der Waals surface area contributed by atoms with Crippen molar-refractivity contribution < 1.29 is 4.79 Å². The molecule has 0 radical (unpaired) electrons. The van der Waals surface area contributed by atoms with Gasteiger partial charge in [-0.05, 0) is 26.0 Å². The van der Waals surface area contributed by atoms with Crippen LogP contribution in [0.1, 0.15) is 26.9 Å². The molecule has 0 fully saturated rings. The third-order valence-corrected chi connectivity index (χ3v) is 4.46. The second-order valence-electron chi connectivity index (χ2n) is 5.27. The van der Waals surface area contributed by atoms with E-state index in [0.29, 0.717) is 23.7 Å². The number of thiazole rings is 1. The van der Waals surface area contributed by atoms with Gasteiger partial charge >= 0.3 is 0 Å². The van der Waals surface area contributed by atoms with Crippen LogP contribution in [-0.2, 0) is 6.42 Å². The molecule has 0 saturated carbocycles. The van der Waals surface area contributed by atoms with Crippen LogP contribution >= 0.6 is 11.3 Å². The van der Waals surface area contributed by atoms with E-state index in [-0.39, 0.29) is 5.91 Å². The number of hydrogen-bond acceptors (Lipinski definition) is 6. The van der Waals surface area contributed by atoms with Crippen LogP contribution in [0.15, 0.2) is 36.1 Å².